The van der Waals surface area contributed by atoms with Gasteiger partial charge in [-0.3, -0.25) is 4.79 Å². The number of thiophene rings is 1. The molecule has 2 aromatic heterocycles. The van der Waals surface area contributed by atoms with Crippen LogP contribution in [0.2, 0.25) is 0 Å². The first-order chi connectivity index (χ1) is 13.1. The molecule has 1 saturated carbocycles. The Hall–Kier alpha value is -1.34. The number of nitrogens with one attached hydrogen (secondary N) is 1. The van der Waals surface area contributed by atoms with Crippen molar-refractivity contribution < 1.29 is 9.21 Å². The van der Waals surface area contributed by atoms with Crippen LogP contribution >= 0.6 is 23.1 Å². The van der Waals surface area contributed by atoms with Gasteiger partial charge in [0.15, 0.2) is 0 Å². The van der Waals surface area contributed by atoms with Crippen LogP contribution in [0.5, 0.6) is 0 Å². The monoisotopic (exact) mass is 405 g/mol. The summed E-state index contributed by atoms with van der Waals surface area (Å²) in [7, 11) is 0. The molecule has 1 N–H and O–H groups in total. The van der Waals surface area contributed by atoms with Crippen molar-refractivity contribution in [3.63, 3.8) is 0 Å². The first kappa shape index (κ1) is 19.0. The smallest absolute Gasteiger partial charge is 0.277 e. The van der Waals surface area contributed by atoms with Gasteiger partial charge >= 0.3 is 0 Å². The second kappa shape index (κ2) is 8.35. The zero-order chi connectivity index (χ0) is 18.8. The minimum Gasteiger partial charge on any atom is -0.410 e. The number of aryl methyl sites for hydroxylation is 1. The fourth-order valence-corrected chi connectivity index (χ4v) is 5.79. The summed E-state index contributed by atoms with van der Waals surface area (Å²) in [6.07, 6.45) is 8.32. The molecule has 0 aliphatic heterocycles. The quantitative estimate of drug-likeness (QED) is 0.730. The number of nitrogens with zero attached hydrogens (tertiary/aromatic N) is 2. The highest BCUT2D eigenvalue weighted by atomic mass is 32.2. The first-order valence-corrected chi connectivity index (χ1v) is 11.8. The average molecular weight is 406 g/mol. The van der Waals surface area contributed by atoms with Crippen molar-refractivity contribution in [2.24, 2.45) is 11.8 Å². The Morgan fingerprint density at radius 1 is 1.30 bits per heavy atom. The molecule has 2 heterocycles. The minimum absolute atomic E-state index is 0.0547. The molecule has 3 atom stereocenters. The van der Waals surface area contributed by atoms with Crippen LogP contribution in [0.3, 0.4) is 0 Å². The Morgan fingerprint density at radius 3 is 3.00 bits per heavy atom. The van der Waals surface area contributed by atoms with Crippen LogP contribution in [0, 0.1) is 11.8 Å². The van der Waals surface area contributed by atoms with Gasteiger partial charge in [0.2, 0.25) is 5.91 Å². The summed E-state index contributed by atoms with van der Waals surface area (Å²) in [6.45, 7) is 4.53. The van der Waals surface area contributed by atoms with E-state index in [1.165, 1.54) is 47.9 Å². The number of carbonyl (C=O) groups excluding carboxylic acids is 1. The molecule has 2 aliphatic rings. The molecule has 0 spiro atoms. The van der Waals surface area contributed by atoms with Crippen LogP contribution < -0.4 is 5.32 Å². The minimum atomic E-state index is 0.0547. The van der Waals surface area contributed by atoms with E-state index in [0.717, 1.165) is 30.1 Å². The van der Waals surface area contributed by atoms with E-state index in [1.807, 2.05) is 0 Å². The molecule has 0 unspecified atom stereocenters. The van der Waals surface area contributed by atoms with Gasteiger partial charge in [0, 0.05) is 10.9 Å². The molecule has 0 radical (unpaired) electrons. The van der Waals surface area contributed by atoms with Crippen LogP contribution in [0.15, 0.2) is 15.7 Å². The topological polar surface area (TPSA) is 68.0 Å². The number of aromatic nitrogens is 2. The number of rotatable bonds is 5. The second-order valence-electron chi connectivity index (χ2n) is 8.00. The Kier molecular flexibility index (Phi) is 5.88. The van der Waals surface area contributed by atoms with E-state index in [4.69, 9.17) is 4.42 Å². The SMILES string of the molecule is C[C@@H]1CCc2sc(-c3nnc(SCC(=O)N[C@H]4CCCC[C@@H]4C)o3)cc2C1. The van der Waals surface area contributed by atoms with E-state index in [1.54, 1.807) is 11.3 Å². The summed E-state index contributed by atoms with van der Waals surface area (Å²) in [5.41, 5.74) is 1.43. The molecular weight excluding hydrogens is 378 g/mol. The fraction of sp³-hybridized carbons (Fsp3) is 0.650. The van der Waals surface area contributed by atoms with Crippen LogP contribution in [0.1, 0.15) is 56.4 Å². The molecule has 4 rings (SSSR count). The number of carbonyl (C=O) groups is 1. The molecule has 1 amide bonds. The maximum absolute atomic E-state index is 12.3. The Labute approximate surface area is 168 Å². The highest BCUT2D eigenvalue weighted by molar-refractivity contribution is 7.99. The van der Waals surface area contributed by atoms with E-state index in [9.17, 15) is 4.79 Å². The van der Waals surface area contributed by atoms with Crippen LogP contribution in [0.4, 0.5) is 0 Å². The number of hydrogen-bond donors (Lipinski definition) is 1. The van der Waals surface area contributed by atoms with Crippen molar-refractivity contribution in [3.8, 4) is 10.8 Å². The lowest BCUT2D eigenvalue weighted by atomic mass is 9.86. The van der Waals surface area contributed by atoms with Crippen LogP contribution in [-0.4, -0.2) is 27.9 Å². The van der Waals surface area contributed by atoms with Gasteiger partial charge in [-0.15, -0.1) is 21.5 Å². The van der Waals surface area contributed by atoms with Gasteiger partial charge in [0.1, 0.15) is 0 Å². The lowest BCUT2D eigenvalue weighted by molar-refractivity contribution is -0.119. The fourth-order valence-electron chi connectivity index (χ4n) is 4.09. The average Bonchev–Trinajstić information content (AvgIpc) is 3.28. The van der Waals surface area contributed by atoms with Gasteiger partial charge in [0.05, 0.1) is 10.6 Å². The summed E-state index contributed by atoms with van der Waals surface area (Å²) in [6, 6.07) is 2.51. The molecule has 2 aromatic rings. The van der Waals surface area contributed by atoms with Crippen molar-refractivity contribution in [2.45, 2.75) is 70.1 Å². The molecule has 1 fully saturated rings. The van der Waals surface area contributed by atoms with Gasteiger partial charge in [-0.1, -0.05) is 38.5 Å². The van der Waals surface area contributed by atoms with E-state index >= 15 is 0 Å². The number of thioether (sulfide) groups is 1. The predicted octanol–water partition coefficient (Wildman–Crippen LogP) is 4.71. The molecule has 27 heavy (non-hydrogen) atoms. The van der Waals surface area contributed by atoms with Crippen molar-refractivity contribution in [2.75, 3.05) is 5.75 Å². The van der Waals surface area contributed by atoms with Gasteiger partial charge in [-0.25, -0.2) is 0 Å². The standard InChI is InChI=1S/C20H27N3O2S2/c1-12-7-8-16-14(9-12)10-17(27-16)19-22-23-20(25-19)26-11-18(24)21-15-6-4-3-5-13(15)2/h10,12-13,15H,3-9,11H2,1-2H3,(H,21,24)/t12-,13+,15+/m1/s1. The van der Waals surface area contributed by atoms with Crippen molar-refractivity contribution in [1.29, 1.82) is 0 Å². The maximum atomic E-state index is 12.3. The largest absolute Gasteiger partial charge is 0.410 e. The van der Waals surface area contributed by atoms with E-state index in [0.29, 0.717) is 28.8 Å². The normalized spacial score (nSPS) is 25.2. The van der Waals surface area contributed by atoms with Gasteiger partial charge < -0.3 is 9.73 Å². The molecule has 0 bridgehead atoms. The lowest BCUT2D eigenvalue weighted by Crippen LogP contribution is -2.41. The van der Waals surface area contributed by atoms with Crippen molar-refractivity contribution in [3.05, 3.63) is 16.5 Å². The highest BCUT2D eigenvalue weighted by Gasteiger charge is 2.24. The summed E-state index contributed by atoms with van der Waals surface area (Å²) in [5.74, 6) is 2.27. The van der Waals surface area contributed by atoms with Gasteiger partial charge in [-0.05, 0) is 55.6 Å². The summed E-state index contributed by atoms with van der Waals surface area (Å²) in [4.78, 5) is 14.8. The third kappa shape index (κ3) is 4.57. The van der Waals surface area contributed by atoms with E-state index < -0.39 is 0 Å². The van der Waals surface area contributed by atoms with Crippen LogP contribution in [0.25, 0.3) is 10.8 Å². The molecule has 146 valence electrons. The van der Waals surface area contributed by atoms with Crippen molar-refractivity contribution >= 4 is 29.0 Å². The molecule has 0 aromatic carbocycles. The zero-order valence-electron chi connectivity index (χ0n) is 16.0. The summed E-state index contributed by atoms with van der Waals surface area (Å²) in [5, 5.41) is 12.0. The van der Waals surface area contributed by atoms with Gasteiger partial charge in [-0.2, -0.15) is 0 Å². The highest BCUT2D eigenvalue weighted by Crippen LogP contribution is 2.37. The van der Waals surface area contributed by atoms with Crippen molar-refractivity contribution in [1.82, 2.24) is 15.5 Å². The summed E-state index contributed by atoms with van der Waals surface area (Å²) >= 11 is 3.09. The molecule has 0 saturated heterocycles. The first-order valence-electron chi connectivity index (χ1n) is 9.96. The van der Waals surface area contributed by atoms with Gasteiger partial charge in [0.25, 0.3) is 11.1 Å². The third-order valence-corrected chi connectivity index (χ3v) is 7.77. The Morgan fingerprint density at radius 2 is 2.15 bits per heavy atom. The Balaban J connectivity index is 1.32. The number of hydrogen-bond acceptors (Lipinski definition) is 6. The van der Waals surface area contributed by atoms with E-state index in [2.05, 4.69) is 35.4 Å². The molecule has 7 heteroatoms. The van der Waals surface area contributed by atoms with Crippen LogP contribution in [-0.2, 0) is 17.6 Å². The molecular formula is C20H27N3O2S2. The third-order valence-electron chi connectivity index (χ3n) is 5.73. The Bertz CT molecular complexity index is 801. The molecule has 5 nitrogen and oxygen atoms in total. The summed E-state index contributed by atoms with van der Waals surface area (Å²) < 4.78 is 5.81. The lowest BCUT2D eigenvalue weighted by Gasteiger charge is -2.29. The molecule has 2 aliphatic carbocycles. The number of amides is 1. The van der Waals surface area contributed by atoms with E-state index in [-0.39, 0.29) is 5.91 Å². The maximum Gasteiger partial charge on any atom is 0.277 e. The second-order valence-corrected chi connectivity index (χ2v) is 10.1. The predicted molar refractivity (Wildman–Crippen MR) is 109 cm³/mol. The zero-order valence-corrected chi connectivity index (χ0v) is 17.6. The number of fused-ring (bicyclic) bond motifs is 1.